The molecule has 2 aromatic rings. The number of halogens is 2. The molecule has 3 rings (SSSR count). The number of carbonyl (C=O) groups is 1. The summed E-state index contributed by atoms with van der Waals surface area (Å²) in [6.45, 7) is 2.54. The minimum atomic E-state index is -3.96. The molecule has 0 aliphatic carbocycles. The molecule has 1 amide bonds. The molecule has 0 aromatic heterocycles. The molecule has 1 saturated heterocycles. The second kappa shape index (κ2) is 9.43. The lowest BCUT2D eigenvalue weighted by Gasteiger charge is -2.29. The van der Waals surface area contributed by atoms with E-state index in [1.54, 1.807) is 4.90 Å². The van der Waals surface area contributed by atoms with Gasteiger partial charge in [0, 0.05) is 45.7 Å². The van der Waals surface area contributed by atoms with Crippen molar-refractivity contribution in [3.8, 4) is 0 Å². The number of nitrogens with one attached hydrogen (secondary N) is 1. The molecule has 1 heterocycles. The summed E-state index contributed by atoms with van der Waals surface area (Å²) in [6, 6.07) is 10.1. The Morgan fingerprint density at radius 2 is 1.52 bits per heavy atom. The maximum atomic E-state index is 13.2. The van der Waals surface area contributed by atoms with E-state index in [4.69, 9.17) is 0 Å². The molecule has 1 aliphatic rings. The lowest BCUT2D eigenvalue weighted by molar-refractivity contribution is -0.131. The lowest BCUT2D eigenvalue weighted by Crippen LogP contribution is -2.47. The summed E-state index contributed by atoms with van der Waals surface area (Å²) in [4.78, 5) is 14.1. The number of benzene rings is 2. The Morgan fingerprint density at radius 3 is 2.10 bits per heavy atom. The van der Waals surface area contributed by atoms with Crippen LogP contribution in [0.15, 0.2) is 53.4 Å². The highest BCUT2D eigenvalue weighted by molar-refractivity contribution is 7.89. The van der Waals surface area contributed by atoms with Crippen molar-refractivity contribution in [2.75, 3.05) is 32.7 Å². The van der Waals surface area contributed by atoms with Crippen molar-refractivity contribution in [2.45, 2.75) is 17.9 Å². The molecule has 0 unspecified atom stereocenters. The lowest BCUT2D eigenvalue weighted by atomic mass is 10.2. The predicted octanol–water partition coefficient (Wildman–Crippen LogP) is 1.98. The fraction of sp³-hybridized carbons (Fsp3) is 0.350. The molecule has 9 heteroatoms. The van der Waals surface area contributed by atoms with Crippen molar-refractivity contribution >= 4 is 15.9 Å². The van der Waals surface area contributed by atoms with Crippen LogP contribution in [0.2, 0.25) is 0 Å². The molecule has 1 fully saturated rings. The zero-order valence-corrected chi connectivity index (χ0v) is 16.7. The molecule has 0 saturated carbocycles. The number of nitrogens with zero attached hydrogens (tertiary/aromatic N) is 2. The number of hydrogen-bond donors (Lipinski definition) is 1. The van der Waals surface area contributed by atoms with Crippen LogP contribution in [0.25, 0.3) is 0 Å². The topological polar surface area (TPSA) is 69.7 Å². The van der Waals surface area contributed by atoms with Gasteiger partial charge in [-0.05, 0) is 42.0 Å². The van der Waals surface area contributed by atoms with Crippen molar-refractivity contribution in [1.82, 2.24) is 14.5 Å². The van der Waals surface area contributed by atoms with Gasteiger partial charge in [0.2, 0.25) is 15.9 Å². The number of amides is 1. The molecular formula is C20H23F2N3O3S. The van der Waals surface area contributed by atoms with Crippen molar-refractivity contribution < 1.29 is 22.0 Å². The van der Waals surface area contributed by atoms with Gasteiger partial charge in [0.25, 0.3) is 0 Å². The third-order valence-corrected chi connectivity index (χ3v) is 6.63. The van der Waals surface area contributed by atoms with Gasteiger partial charge in [0.15, 0.2) is 0 Å². The van der Waals surface area contributed by atoms with Gasteiger partial charge in [-0.2, -0.15) is 4.31 Å². The van der Waals surface area contributed by atoms with E-state index in [1.165, 1.54) is 40.7 Å². The Kier molecular flexibility index (Phi) is 6.94. The fourth-order valence-corrected chi connectivity index (χ4v) is 4.55. The first-order valence-electron chi connectivity index (χ1n) is 9.35. The van der Waals surface area contributed by atoms with Crippen LogP contribution in [-0.2, 0) is 21.4 Å². The van der Waals surface area contributed by atoms with E-state index in [0.29, 0.717) is 31.7 Å². The molecule has 156 valence electrons. The summed E-state index contributed by atoms with van der Waals surface area (Å²) >= 11 is 0. The molecule has 0 radical (unpaired) electrons. The molecule has 2 aromatic carbocycles. The smallest absolute Gasteiger partial charge is 0.243 e. The second-order valence-corrected chi connectivity index (χ2v) is 8.74. The predicted molar refractivity (Wildman–Crippen MR) is 104 cm³/mol. The first-order valence-corrected chi connectivity index (χ1v) is 10.8. The zero-order chi connectivity index (χ0) is 20.9. The van der Waals surface area contributed by atoms with Crippen LogP contribution in [0.5, 0.6) is 0 Å². The van der Waals surface area contributed by atoms with Crippen LogP contribution >= 0.6 is 0 Å². The normalized spacial score (nSPS) is 14.9. The summed E-state index contributed by atoms with van der Waals surface area (Å²) in [5.74, 6) is -1.08. The first kappa shape index (κ1) is 21.4. The molecule has 0 bridgehead atoms. The molecule has 0 spiro atoms. The van der Waals surface area contributed by atoms with Crippen LogP contribution in [0.1, 0.15) is 12.0 Å². The van der Waals surface area contributed by atoms with Gasteiger partial charge >= 0.3 is 0 Å². The molecular weight excluding hydrogens is 400 g/mol. The molecule has 1 N–H and O–H groups in total. The Morgan fingerprint density at radius 1 is 0.966 bits per heavy atom. The van der Waals surface area contributed by atoms with Crippen LogP contribution in [0.4, 0.5) is 8.78 Å². The van der Waals surface area contributed by atoms with Crippen LogP contribution < -0.4 is 5.32 Å². The van der Waals surface area contributed by atoms with E-state index < -0.39 is 21.7 Å². The molecule has 1 aliphatic heterocycles. The van der Waals surface area contributed by atoms with Crippen molar-refractivity contribution in [1.29, 1.82) is 0 Å². The Balaban J connectivity index is 1.79. The van der Waals surface area contributed by atoms with E-state index in [0.717, 1.165) is 12.1 Å². The Bertz CT molecular complexity index is 928. The Hall–Kier alpha value is -2.36. The van der Waals surface area contributed by atoms with Gasteiger partial charge in [-0.1, -0.05) is 12.1 Å². The van der Waals surface area contributed by atoms with E-state index in [9.17, 15) is 22.0 Å². The quantitative estimate of drug-likeness (QED) is 0.740. The fourth-order valence-electron chi connectivity index (χ4n) is 3.13. The van der Waals surface area contributed by atoms with Gasteiger partial charge in [-0.15, -0.1) is 0 Å². The first-order chi connectivity index (χ1) is 13.9. The summed E-state index contributed by atoms with van der Waals surface area (Å²) in [7, 11) is -3.96. The van der Waals surface area contributed by atoms with Gasteiger partial charge in [-0.3, -0.25) is 4.79 Å². The summed E-state index contributed by atoms with van der Waals surface area (Å²) in [5.41, 5.74) is 0.590. The molecule has 0 atom stereocenters. The number of sulfonamides is 1. The maximum Gasteiger partial charge on any atom is 0.243 e. The van der Waals surface area contributed by atoms with Crippen LogP contribution in [0, 0.1) is 11.6 Å². The number of piperazine rings is 1. The minimum absolute atomic E-state index is 0.0190. The molecule has 29 heavy (non-hydrogen) atoms. The second-order valence-electron chi connectivity index (χ2n) is 6.80. The van der Waals surface area contributed by atoms with E-state index in [2.05, 4.69) is 5.32 Å². The number of hydrogen-bond acceptors (Lipinski definition) is 4. The summed E-state index contributed by atoms with van der Waals surface area (Å²) < 4.78 is 53.8. The van der Waals surface area contributed by atoms with Crippen molar-refractivity contribution in [2.24, 2.45) is 0 Å². The maximum absolute atomic E-state index is 13.2. The van der Waals surface area contributed by atoms with Gasteiger partial charge in [-0.25, -0.2) is 17.2 Å². The average Bonchev–Trinajstić information content (AvgIpc) is 2.73. The zero-order valence-electron chi connectivity index (χ0n) is 15.9. The van der Waals surface area contributed by atoms with Crippen LogP contribution in [0.3, 0.4) is 0 Å². The van der Waals surface area contributed by atoms with E-state index in [-0.39, 0.29) is 30.3 Å². The van der Waals surface area contributed by atoms with E-state index >= 15 is 0 Å². The highest BCUT2D eigenvalue weighted by Gasteiger charge is 2.26. The molecule has 6 nitrogen and oxygen atoms in total. The average molecular weight is 423 g/mol. The van der Waals surface area contributed by atoms with E-state index in [1.807, 2.05) is 0 Å². The van der Waals surface area contributed by atoms with Crippen molar-refractivity contribution in [3.63, 3.8) is 0 Å². The summed E-state index contributed by atoms with van der Waals surface area (Å²) in [6.07, 6.45) is 0.0294. The monoisotopic (exact) mass is 423 g/mol. The minimum Gasteiger partial charge on any atom is -0.340 e. The number of carbonyl (C=O) groups excluding carboxylic acids is 1. The van der Waals surface area contributed by atoms with Gasteiger partial charge in [0.05, 0.1) is 4.90 Å². The highest BCUT2D eigenvalue weighted by atomic mass is 32.2. The largest absolute Gasteiger partial charge is 0.340 e. The SMILES string of the molecule is O=C(CCN(Cc1ccc(F)cc1)S(=O)(=O)c1ccc(F)cc1)N1CCNCC1. The standard InChI is InChI=1S/C20H23F2N3O3S/c21-17-3-1-16(2-4-17)15-25(12-9-20(26)24-13-10-23-11-14-24)29(27,28)19-7-5-18(22)6-8-19/h1-8,23H,9-15H2. The highest BCUT2D eigenvalue weighted by Crippen LogP contribution is 2.20. The number of rotatable bonds is 7. The van der Waals surface area contributed by atoms with Crippen molar-refractivity contribution in [3.05, 3.63) is 65.7 Å². The summed E-state index contributed by atoms with van der Waals surface area (Å²) in [5, 5.41) is 3.16. The third-order valence-electron chi connectivity index (χ3n) is 4.77. The van der Waals surface area contributed by atoms with Gasteiger partial charge in [0.1, 0.15) is 11.6 Å². The third kappa shape index (κ3) is 5.59. The van der Waals surface area contributed by atoms with Crippen LogP contribution in [-0.4, -0.2) is 56.3 Å². The van der Waals surface area contributed by atoms with Gasteiger partial charge < -0.3 is 10.2 Å². The Labute approximate surface area is 169 Å².